The standard InChI is InChI=1S/C17H17NO8S/c1-2-15(20)25-10-11-26-16(21)9-5-8-14(19)18-17(22)12-6-3-4-7-13(12)27(18,23)24/h2-4,6-7H,1,5,8-11H2. The third-order valence-corrected chi connectivity index (χ3v) is 5.34. The van der Waals surface area contributed by atoms with Crippen molar-refractivity contribution in [1.82, 2.24) is 4.31 Å². The van der Waals surface area contributed by atoms with E-state index in [2.05, 4.69) is 11.3 Å². The lowest BCUT2D eigenvalue weighted by Gasteiger charge is -2.12. The minimum Gasteiger partial charge on any atom is -0.462 e. The Balaban J connectivity index is 1.81. The minimum atomic E-state index is -4.21. The van der Waals surface area contributed by atoms with Gasteiger partial charge in [-0.15, -0.1) is 0 Å². The van der Waals surface area contributed by atoms with Gasteiger partial charge in [0, 0.05) is 18.9 Å². The molecule has 0 N–H and O–H groups in total. The molecule has 1 aliphatic heterocycles. The molecular formula is C17H17NO8S. The number of carbonyl (C=O) groups excluding carboxylic acids is 4. The molecule has 0 saturated heterocycles. The van der Waals surface area contributed by atoms with E-state index in [1.54, 1.807) is 0 Å². The maximum absolute atomic E-state index is 12.3. The molecule has 0 aromatic heterocycles. The van der Waals surface area contributed by atoms with Crippen LogP contribution < -0.4 is 0 Å². The van der Waals surface area contributed by atoms with Gasteiger partial charge in [-0.2, -0.15) is 4.31 Å². The van der Waals surface area contributed by atoms with Crippen LogP contribution in [0, 0.1) is 0 Å². The van der Waals surface area contributed by atoms with Crippen LogP contribution in [0.2, 0.25) is 0 Å². The fourth-order valence-electron chi connectivity index (χ4n) is 2.35. The number of benzene rings is 1. The largest absolute Gasteiger partial charge is 0.462 e. The molecule has 1 heterocycles. The van der Waals surface area contributed by atoms with E-state index in [9.17, 15) is 27.6 Å². The first-order valence-electron chi connectivity index (χ1n) is 7.95. The first kappa shape index (κ1) is 20.3. The molecule has 27 heavy (non-hydrogen) atoms. The van der Waals surface area contributed by atoms with Gasteiger partial charge in [0.25, 0.3) is 15.9 Å². The van der Waals surface area contributed by atoms with Crippen LogP contribution in [0.15, 0.2) is 41.8 Å². The number of hydrogen-bond donors (Lipinski definition) is 0. The lowest BCUT2D eigenvalue weighted by Crippen LogP contribution is -2.36. The molecule has 0 saturated carbocycles. The fourth-order valence-corrected chi connectivity index (χ4v) is 3.90. The molecule has 1 aliphatic rings. The Morgan fingerprint density at radius 2 is 1.74 bits per heavy atom. The van der Waals surface area contributed by atoms with E-state index in [-0.39, 0.29) is 47.2 Å². The van der Waals surface area contributed by atoms with Crippen LogP contribution in [-0.4, -0.2) is 49.7 Å². The summed E-state index contributed by atoms with van der Waals surface area (Å²) in [6.45, 7) is 2.93. The van der Waals surface area contributed by atoms with Crippen LogP contribution in [0.1, 0.15) is 29.6 Å². The fraction of sp³-hybridized carbons (Fsp3) is 0.294. The summed E-state index contributed by atoms with van der Waals surface area (Å²) in [6, 6.07) is 5.55. The van der Waals surface area contributed by atoms with E-state index in [0.29, 0.717) is 0 Å². The van der Waals surface area contributed by atoms with Gasteiger partial charge in [-0.1, -0.05) is 18.7 Å². The van der Waals surface area contributed by atoms with Crippen LogP contribution in [0.5, 0.6) is 0 Å². The van der Waals surface area contributed by atoms with Crippen LogP contribution in [-0.2, 0) is 33.9 Å². The summed E-state index contributed by atoms with van der Waals surface area (Å²) in [4.78, 5) is 46.5. The molecular weight excluding hydrogens is 378 g/mol. The van der Waals surface area contributed by atoms with Crippen molar-refractivity contribution < 1.29 is 37.1 Å². The molecule has 10 heteroatoms. The Kier molecular flexibility index (Phi) is 6.45. The van der Waals surface area contributed by atoms with Gasteiger partial charge in [0.15, 0.2) is 0 Å². The van der Waals surface area contributed by atoms with Crippen molar-refractivity contribution in [3.05, 3.63) is 42.5 Å². The van der Waals surface area contributed by atoms with E-state index in [1.165, 1.54) is 24.3 Å². The molecule has 0 unspecified atom stereocenters. The summed E-state index contributed by atoms with van der Waals surface area (Å²) in [5, 5.41) is 0. The maximum atomic E-state index is 12.3. The molecule has 2 amide bonds. The second-order valence-electron chi connectivity index (χ2n) is 5.41. The Hall–Kier alpha value is -3.01. The molecule has 1 aromatic rings. The second kappa shape index (κ2) is 8.58. The zero-order chi connectivity index (χ0) is 20.0. The van der Waals surface area contributed by atoms with E-state index < -0.39 is 33.8 Å². The molecule has 144 valence electrons. The van der Waals surface area contributed by atoms with Gasteiger partial charge in [-0.3, -0.25) is 14.4 Å². The highest BCUT2D eigenvalue weighted by Gasteiger charge is 2.44. The Morgan fingerprint density at radius 3 is 2.41 bits per heavy atom. The Morgan fingerprint density at radius 1 is 1.07 bits per heavy atom. The van der Waals surface area contributed by atoms with Crippen LogP contribution in [0.4, 0.5) is 0 Å². The molecule has 0 spiro atoms. The van der Waals surface area contributed by atoms with Gasteiger partial charge in [-0.25, -0.2) is 13.2 Å². The molecule has 2 rings (SSSR count). The van der Waals surface area contributed by atoms with Crippen molar-refractivity contribution in [3.8, 4) is 0 Å². The second-order valence-corrected chi connectivity index (χ2v) is 7.17. The van der Waals surface area contributed by atoms with E-state index in [4.69, 9.17) is 4.74 Å². The van der Waals surface area contributed by atoms with Gasteiger partial charge >= 0.3 is 11.9 Å². The van der Waals surface area contributed by atoms with E-state index >= 15 is 0 Å². The number of ether oxygens (including phenoxy) is 2. The first-order chi connectivity index (χ1) is 12.8. The van der Waals surface area contributed by atoms with Gasteiger partial charge < -0.3 is 9.47 Å². The molecule has 1 aromatic carbocycles. The van der Waals surface area contributed by atoms with Crippen LogP contribution in [0.25, 0.3) is 0 Å². The van der Waals surface area contributed by atoms with Gasteiger partial charge in [0.2, 0.25) is 5.91 Å². The predicted molar refractivity (Wildman–Crippen MR) is 90.8 cm³/mol. The average molecular weight is 395 g/mol. The molecule has 0 fully saturated rings. The molecule has 0 aliphatic carbocycles. The zero-order valence-corrected chi connectivity index (χ0v) is 15.1. The number of carbonyl (C=O) groups is 4. The number of imide groups is 1. The van der Waals surface area contributed by atoms with Gasteiger partial charge in [-0.05, 0) is 18.6 Å². The number of hydrogen-bond acceptors (Lipinski definition) is 8. The van der Waals surface area contributed by atoms with E-state index in [0.717, 1.165) is 6.08 Å². The average Bonchev–Trinajstić information content (AvgIpc) is 2.84. The third-order valence-electron chi connectivity index (χ3n) is 3.58. The van der Waals surface area contributed by atoms with Gasteiger partial charge in [0.05, 0.1) is 5.56 Å². The normalized spacial score (nSPS) is 14.4. The molecule has 0 atom stereocenters. The number of fused-ring (bicyclic) bond motifs is 1. The number of sulfonamides is 1. The van der Waals surface area contributed by atoms with Crippen molar-refractivity contribution in [2.75, 3.05) is 13.2 Å². The summed E-state index contributed by atoms with van der Waals surface area (Å²) in [5.41, 5.74) is -0.0562. The maximum Gasteiger partial charge on any atom is 0.330 e. The summed E-state index contributed by atoms with van der Waals surface area (Å²) < 4.78 is 34.3. The Bertz CT molecular complexity index is 890. The number of amides is 2. The highest BCUT2D eigenvalue weighted by molar-refractivity contribution is 7.90. The predicted octanol–water partition coefficient (Wildman–Crippen LogP) is 0.800. The highest BCUT2D eigenvalue weighted by Crippen LogP contribution is 2.30. The SMILES string of the molecule is C=CC(=O)OCCOC(=O)CCCC(=O)N1C(=O)c2ccccc2S1(=O)=O. The van der Waals surface area contributed by atoms with Crippen LogP contribution >= 0.6 is 0 Å². The first-order valence-corrected chi connectivity index (χ1v) is 9.39. The summed E-state index contributed by atoms with van der Waals surface area (Å²) in [6.07, 6.45) is 0.495. The van der Waals surface area contributed by atoms with Crippen molar-refractivity contribution >= 4 is 33.8 Å². The summed E-state index contributed by atoms with van der Waals surface area (Å²) >= 11 is 0. The van der Waals surface area contributed by atoms with Gasteiger partial charge in [0.1, 0.15) is 18.1 Å². The topological polar surface area (TPSA) is 124 Å². The summed E-state index contributed by atoms with van der Waals surface area (Å²) in [5.74, 6) is -3.10. The molecule has 9 nitrogen and oxygen atoms in total. The van der Waals surface area contributed by atoms with Crippen molar-refractivity contribution in [2.45, 2.75) is 24.2 Å². The lowest BCUT2D eigenvalue weighted by molar-refractivity contribution is -0.149. The lowest BCUT2D eigenvalue weighted by atomic mass is 10.2. The minimum absolute atomic E-state index is 0.000241. The van der Waals surface area contributed by atoms with Crippen molar-refractivity contribution in [1.29, 1.82) is 0 Å². The highest BCUT2D eigenvalue weighted by atomic mass is 32.2. The zero-order valence-electron chi connectivity index (χ0n) is 14.3. The third kappa shape index (κ3) is 4.59. The number of rotatable bonds is 8. The quantitative estimate of drug-likeness (QED) is 0.360. The van der Waals surface area contributed by atoms with E-state index in [1.807, 2.05) is 0 Å². The van der Waals surface area contributed by atoms with Crippen molar-refractivity contribution in [3.63, 3.8) is 0 Å². The van der Waals surface area contributed by atoms with Crippen molar-refractivity contribution in [2.24, 2.45) is 0 Å². The van der Waals surface area contributed by atoms with Crippen LogP contribution in [0.3, 0.4) is 0 Å². The molecule has 0 bridgehead atoms. The number of esters is 2. The Labute approximate surface area is 155 Å². The smallest absolute Gasteiger partial charge is 0.330 e. The summed E-state index contributed by atoms with van der Waals surface area (Å²) in [7, 11) is -4.21. The molecule has 0 radical (unpaired) electrons. The number of nitrogens with zero attached hydrogens (tertiary/aromatic N) is 1. The monoisotopic (exact) mass is 395 g/mol.